The molecule has 4 fully saturated rings. The Balaban J connectivity index is 1.73. The van der Waals surface area contributed by atoms with Crippen LogP contribution in [0.15, 0.2) is 0 Å². The van der Waals surface area contributed by atoms with E-state index in [-0.39, 0.29) is 0 Å². The van der Waals surface area contributed by atoms with Gasteiger partial charge in [-0.2, -0.15) is 0 Å². The fourth-order valence-corrected chi connectivity index (χ4v) is 4.89. The van der Waals surface area contributed by atoms with Crippen molar-refractivity contribution in [2.75, 3.05) is 11.6 Å². The van der Waals surface area contributed by atoms with Gasteiger partial charge in [0.2, 0.25) is 5.95 Å². The molecule has 0 aliphatic heterocycles. The first kappa shape index (κ1) is 9.74. The van der Waals surface area contributed by atoms with Gasteiger partial charge in [0.1, 0.15) is 0 Å². The Labute approximate surface area is 101 Å². The van der Waals surface area contributed by atoms with Crippen LogP contribution in [0.4, 0.5) is 5.95 Å². The van der Waals surface area contributed by atoms with Crippen molar-refractivity contribution in [1.82, 2.24) is 14.9 Å². The Bertz CT molecular complexity index is 424. The molecule has 5 rings (SSSR count). The molecule has 5 nitrogen and oxygen atoms in total. The molecule has 4 bridgehead atoms. The number of nitrogens with two attached hydrogens (primary N) is 2. The predicted octanol–water partition coefficient (Wildman–Crippen LogP) is 1.11. The van der Waals surface area contributed by atoms with E-state index in [4.69, 9.17) is 11.6 Å². The van der Waals surface area contributed by atoms with Crippen LogP contribution in [0.2, 0.25) is 0 Å². The van der Waals surface area contributed by atoms with E-state index in [2.05, 4.69) is 10.2 Å². The van der Waals surface area contributed by atoms with E-state index in [0.29, 0.717) is 11.9 Å². The second kappa shape index (κ2) is 3.15. The lowest BCUT2D eigenvalue weighted by Gasteiger charge is -2.53. The highest BCUT2D eigenvalue weighted by Crippen LogP contribution is 2.59. The fourth-order valence-electron chi connectivity index (χ4n) is 4.89. The molecule has 5 heteroatoms. The summed E-state index contributed by atoms with van der Waals surface area (Å²) in [7, 11) is 0. The zero-order valence-corrected chi connectivity index (χ0v) is 9.92. The third-order valence-electron chi connectivity index (χ3n) is 5.27. The molecule has 4 saturated carbocycles. The van der Waals surface area contributed by atoms with Gasteiger partial charge in [-0.25, -0.2) is 4.68 Å². The molecule has 0 radical (unpaired) electrons. The summed E-state index contributed by atoms with van der Waals surface area (Å²) in [5, 5.41) is 8.14. The van der Waals surface area contributed by atoms with Crippen molar-refractivity contribution in [3.05, 3.63) is 5.82 Å². The SMILES string of the molecule is Nc1nnc(C2C3CC4CC(C3)CC2C4)n1N. The molecule has 1 heterocycles. The molecule has 0 unspecified atom stereocenters. The molecular weight excluding hydrogens is 214 g/mol. The smallest absolute Gasteiger partial charge is 0.240 e. The zero-order chi connectivity index (χ0) is 11.6. The van der Waals surface area contributed by atoms with E-state index in [1.807, 2.05) is 0 Å². The van der Waals surface area contributed by atoms with E-state index in [1.54, 1.807) is 0 Å². The van der Waals surface area contributed by atoms with Gasteiger partial charge in [-0.05, 0) is 55.8 Å². The number of aromatic nitrogens is 3. The Morgan fingerprint density at radius 2 is 1.53 bits per heavy atom. The van der Waals surface area contributed by atoms with Gasteiger partial charge < -0.3 is 11.6 Å². The highest BCUT2D eigenvalue weighted by atomic mass is 15.4. The minimum Gasteiger partial charge on any atom is -0.366 e. The number of hydrogen-bond acceptors (Lipinski definition) is 4. The summed E-state index contributed by atoms with van der Waals surface area (Å²) in [6.07, 6.45) is 6.93. The minimum absolute atomic E-state index is 0.341. The summed E-state index contributed by atoms with van der Waals surface area (Å²) in [6, 6.07) is 0. The average Bonchev–Trinajstić information content (AvgIpc) is 2.60. The van der Waals surface area contributed by atoms with E-state index in [1.165, 1.54) is 36.8 Å². The third kappa shape index (κ3) is 1.25. The zero-order valence-electron chi connectivity index (χ0n) is 9.92. The van der Waals surface area contributed by atoms with Gasteiger partial charge in [0.05, 0.1) is 0 Å². The topological polar surface area (TPSA) is 82.8 Å². The van der Waals surface area contributed by atoms with E-state index in [9.17, 15) is 0 Å². The van der Waals surface area contributed by atoms with Crippen LogP contribution in [0.5, 0.6) is 0 Å². The number of rotatable bonds is 1. The third-order valence-corrected chi connectivity index (χ3v) is 5.27. The van der Waals surface area contributed by atoms with Gasteiger partial charge in [0, 0.05) is 5.92 Å². The molecule has 4 aliphatic rings. The van der Waals surface area contributed by atoms with Gasteiger partial charge in [-0.3, -0.25) is 0 Å². The lowest BCUT2D eigenvalue weighted by atomic mass is 9.52. The van der Waals surface area contributed by atoms with Gasteiger partial charge in [0.25, 0.3) is 0 Å². The highest BCUT2D eigenvalue weighted by Gasteiger charge is 2.50. The normalized spacial score (nSPS) is 43.2. The standard InChI is InChI=1S/C12H19N5/c13-12-16-15-11(17(12)14)10-8-2-6-1-7(4-8)5-9(10)3-6/h6-10H,1-5,14H2,(H2,13,16). The number of hydrogen-bond donors (Lipinski definition) is 2. The Kier molecular flexibility index (Phi) is 1.80. The summed E-state index contributed by atoms with van der Waals surface area (Å²) in [5.41, 5.74) is 5.70. The maximum atomic E-state index is 5.95. The Hall–Kier alpha value is -1.26. The molecule has 0 amide bonds. The van der Waals surface area contributed by atoms with Crippen LogP contribution in [0.25, 0.3) is 0 Å². The highest BCUT2D eigenvalue weighted by molar-refractivity contribution is 5.21. The monoisotopic (exact) mass is 233 g/mol. The first-order valence-electron chi connectivity index (χ1n) is 6.68. The molecule has 0 atom stereocenters. The maximum absolute atomic E-state index is 5.95. The van der Waals surface area contributed by atoms with E-state index < -0.39 is 0 Å². The molecule has 4 aliphatic carbocycles. The van der Waals surface area contributed by atoms with Crippen LogP contribution in [-0.4, -0.2) is 14.9 Å². The van der Waals surface area contributed by atoms with Crippen LogP contribution in [0.1, 0.15) is 43.8 Å². The maximum Gasteiger partial charge on any atom is 0.240 e. The molecular formula is C12H19N5. The van der Waals surface area contributed by atoms with E-state index >= 15 is 0 Å². The Morgan fingerprint density at radius 3 is 2.00 bits per heavy atom. The number of anilines is 1. The van der Waals surface area contributed by atoms with E-state index in [0.717, 1.165) is 29.5 Å². The van der Waals surface area contributed by atoms with Crippen molar-refractivity contribution in [3.8, 4) is 0 Å². The van der Waals surface area contributed by atoms with Crippen molar-refractivity contribution >= 4 is 5.95 Å². The van der Waals surface area contributed by atoms with Crippen LogP contribution >= 0.6 is 0 Å². The molecule has 1 aromatic rings. The first-order chi connectivity index (χ1) is 8.22. The lowest BCUT2D eigenvalue weighted by molar-refractivity contribution is -0.00637. The number of nitrogen functional groups attached to an aromatic ring is 2. The molecule has 4 N–H and O–H groups in total. The number of nitrogens with zero attached hydrogens (tertiary/aromatic N) is 3. The van der Waals surface area contributed by atoms with Crippen molar-refractivity contribution < 1.29 is 0 Å². The summed E-state index contributed by atoms with van der Waals surface area (Å²) in [6.45, 7) is 0. The van der Waals surface area contributed by atoms with Crippen molar-refractivity contribution in [2.45, 2.75) is 38.0 Å². The van der Waals surface area contributed by atoms with Gasteiger partial charge in [-0.1, -0.05) is 0 Å². The average molecular weight is 233 g/mol. The van der Waals surface area contributed by atoms with Crippen LogP contribution in [0, 0.1) is 23.7 Å². The van der Waals surface area contributed by atoms with Crippen molar-refractivity contribution in [2.24, 2.45) is 23.7 Å². The Morgan fingerprint density at radius 1 is 0.941 bits per heavy atom. The minimum atomic E-state index is 0.341. The van der Waals surface area contributed by atoms with Crippen LogP contribution in [0.3, 0.4) is 0 Å². The summed E-state index contributed by atoms with van der Waals surface area (Å²) >= 11 is 0. The summed E-state index contributed by atoms with van der Waals surface area (Å²) < 4.78 is 1.51. The van der Waals surface area contributed by atoms with Gasteiger partial charge in [0.15, 0.2) is 5.82 Å². The second-order valence-corrected chi connectivity index (χ2v) is 6.24. The van der Waals surface area contributed by atoms with Crippen molar-refractivity contribution in [1.29, 1.82) is 0 Å². The quantitative estimate of drug-likeness (QED) is 0.712. The molecule has 1 aromatic heterocycles. The van der Waals surface area contributed by atoms with Crippen LogP contribution in [-0.2, 0) is 0 Å². The molecule has 17 heavy (non-hydrogen) atoms. The largest absolute Gasteiger partial charge is 0.366 e. The van der Waals surface area contributed by atoms with Crippen molar-refractivity contribution in [3.63, 3.8) is 0 Å². The summed E-state index contributed by atoms with van der Waals surface area (Å²) in [4.78, 5) is 0. The molecule has 92 valence electrons. The molecule has 0 aromatic carbocycles. The molecule has 0 spiro atoms. The van der Waals surface area contributed by atoms with Crippen LogP contribution < -0.4 is 11.6 Å². The lowest BCUT2D eigenvalue weighted by Crippen LogP contribution is -2.45. The van der Waals surface area contributed by atoms with Gasteiger partial charge >= 0.3 is 0 Å². The first-order valence-corrected chi connectivity index (χ1v) is 6.68. The van der Waals surface area contributed by atoms with Gasteiger partial charge in [-0.15, -0.1) is 10.2 Å². The summed E-state index contributed by atoms with van der Waals surface area (Å²) in [5.74, 6) is 11.2. The fraction of sp³-hybridized carbons (Fsp3) is 0.833. The second-order valence-electron chi connectivity index (χ2n) is 6.24. The molecule has 0 saturated heterocycles. The predicted molar refractivity (Wildman–Crippen MR) is 64.4 cm³/mol.